The summed E-state index contributed by atoms with van der Waals surface area (Å²) in [6, 6.07) is 3.64. The summed E-state index contributed by atoms with van der Waals surface area (Å²) in [5.74, 6) is 0. The molecule has 0 saturated carbocycles. The van der Waals surface area contributed by atoms with E-state index in [-0.39, 0.29) is 6.23 Å². The highest BCUT2D eigenvalue weighted by molar-refractivity contribution is 5.90. The lowest BCUT2D eigenvalue weighted by molar-refractivity contribution is 0.0343. The van der Waals surface area contributed by atoms with Gasteiger partial charge in [0, 0.05) is 29.6 Å². The van der Waals surface area contributed by atoms with Crippen LogP contribution in [0.15, 0.2) is 12.1 Å². The van der Waals surface area contributed by atoms with E-state index in [4.69, 9.17) is 10.1 Å². The number of ether oxygens (including phenoxy) is 1. The Morgan fingerprint density at radius 2 is 2.22 bits per heavy atom. The van der Waals surface area contributed by atoms with Gasteiger partial charge in [-0.2, -0.15) is 0 Å². The predicted octanol–water partition coefficient (Wildman–Crippen LogP) is 2.74. The molecule has 1 fully saturated rings. The Labute approximate surface area is 107 Å². The summed E-state index contributed by atoms with van der Waals surface area (Å²) in [6.07, 6.45) is 5.34. The lowest BCUT2D eigenvalue weighted by Gasteiger charge is -2.25. The van der Waals surface area contributed by atoms with Crippen LogP contribution in [0.5, 0.6) is 0 Å². The van der Waals surface area contributed by atoms with Crippen molar-refractivity contribution < 1.29 is 9.53 Å². The molecule has 1 atom stereocenters. The molecule has 1 heterocycles. The van der Waals surface area contributed by atoms with Gasteiger partial charge >= 0.3 is 0 Å². The van der Waals surface area contributed by atoms with Crippen LogP contribution in [0, 0.1) is 12.3 Å². The zero-order chi connectivity index (χ0) is 13.0. The van der Waals surface area contributed by atoms with Crippen LogP contribution in [0.1, 0.15) is 40.7 Å². The average molecular weight is 246 g/mol. The second kappa shape index (κ2) is 5.78. The summed E-state index contributed by atoms with van der Waals surface area (Å²) in [4.78, 5) is 10.9. The molecule has 2 rings (SSSR count). The number of carbonyl (C=O) groups excluding carboxylic acids is 1. The van der Waals surface area contributed by atoms with Crippen LogP contribution in [0.2, 0.25) is 0 Å². The summed E-state index contributed by atoms with van der Waals surface area (Å²) in [7, 11) is 0. The van der Waals surface area contributed by atoms with Gasteiger partial charge in [0.1, 0.15) is 12.5 Å². The SMILES string of the molecule is Cc1cc(NC2CCCCO2)c(C=N)cc1C=O. The van der Waals surface area contributed by atoms with Crippen molar-refractivity contribution in [3.05, 3.63) is 28.8 Å². The molecule has 0 aliphatic carbocycles. The van der Waals surface area contributed by atoms with Crippen molar-refractivity contribution in [1.29, 1.82) is 5.41 Å². The molecule has 4 heteroatoms. The lowest BCUT2D eigenvalue weighted by Crippen LogP contribution is -2.27. The van der Waals surface area contributed by atoms with E-state index >= 15 is 0 Å². The zero-order valence-corrected chi connectivity index (χ0v) is 10.5. The van der Waals surface area contributed by atoms with Gasteiger partial charge < -0.3 is 15.5 Å². The first-order chi connectivity index (χ1) is 8.74. The molecule has 0 aromatic heterocycles. The number of hydrogen-bond donors (Lipinski definition) is 2. The molecule has 0 amide bonds. The third kappa shape index (κ3) is 2.76. The van der Waals surface area contributed by atoms with Crippen LogP contribution in [0.4, 0.5) is 5.69 Å². The summed E-state index contributed by atoms with van der Waals surface area (Å²) in [5, 5.41) is 10.7. The molecule has 1 aliphatic heterocycles. The van der Waals surface area contributed by atoms with Gasteiger partial charge in [0.15, 0.2) is 0 Å². The van der Waals surface area contributed by atoms with Gasteiger partial charge in [-0.1, -0.05) is 0 Å². The van der Waals surface area contributed by atoms with Gasteiger partial charge in [-0.15, -0.1) is 0 Å². The quantitative estimate of drug-likeness (QED) is 0.634. The van der Waals surface area contributed by atoms with E-state index in [0.717, 1.165) is 49.0 Å². The summed E-state index contributed by atoms with van der Waals surface area (Å²) < 4.78 is 5.62. The van der Waals surface area contributed by atoms with Crippen molar-refractivity contribution in [2.45, 2.75) is 32.4 Å². The number of hydrogen-bond acceptors (Lipinski definition) is 4. The summed E-state index contributed by atoms with van der Waals surface area (Å²) >= 11 is 0. The van der Waals surface area contributed by atoms with Crippen LogP contribution < -0.4 is 5.32 Å². The first-order valence-electron chi connectivity index (χ1n) is 6.23. The van der Waals surface area contributed by atoms with E-state index in [1.807, 2.05) is 13.0 Å². The van der Waals surface area contributed by atoms with Crippen molar-refractivity contribution >= 4 is 18.2 Å². The molecule has 18 heavy (non-hydrogen) atoms. The zero-order valence-electron chi connectivity index (χ0n) is 10.5. The van der Waals surface area contributed by atoms with Crippen LogP contribution in [0.25, 0.3) is 0 Å². The second-order valence-electron chi connectivity index (χ2n) is 4.56. The van der Waals surface area contributed by atoms with Crippen molar-refractivity contribution in [2.75, 3.05) is 11.9 Å². The number of nitrogens with one attached hydrogen (secondary N) is 2. The van der Waals surface area contributed by atoms with Gasteiger partial charge in [-0.25, -0.2) is 0 Å². The fraction of sp³-hybridized carbons (Fsp3) is 0.429. The molecular formula is C14H18N2O2. The molecular weight excluding hydrogens is 228 g/mol. The van der Waals surface area contributed by atoms with Crippen molar-refractivity contribution in [2.24, 2.45) is 0 Å². The van der Waals surface area contributed by atoms with Gasteiger partial charge in [0.25, 0.3) is 0 Å². The maximum atomic E-state index is 10.9. The Morgan fingerprint density at radius 3 is 2.83 bits per heavy atom. The van der Waals surface area contributed by atoms with E-state index in [1.54, 1.807) is 6.07 Å². The lowest BCUT2D eigenvalue weighted by atomic mass is 10.0. The number of aryl methyl sites for hydroxylation is 1. The maximum Gasteiger partial charge on any atom is 0.150 e. The summed E-state index contributed by atoms with van der Waals surface area (Å²) in [6.45, 7) is 2.67. The molecule has 1 aliphatic rings. The van der Waals surface area contributed by atoms with Crippen molar-refractivity contribution in [1.82, 2.24) is 0 Å². The van der Waals surface area contributed by atoms with E-state index in [9.17, 15) is 4.79 Å². The molecule has 0 radical (unpaired) electrons. The monoisotopic (exact) mass is 246 g/mol. The van der Waals surface area contributed by atoms with E-state index in [0.29, 0.717) is 5.56 Å². The highest BCUT2D eigenvalue weighted by atomic mass is 16.5. The van der Waals surface area contributed by atoms with Crippen LogP contribution in [-0.2, 0) is 4.74 Å². The number of carbonyl (C=O) groups is 1. The fourth-order valence-corrected chi connectivity index (χ4v) is 2.14. The number of aldehydes is 1. The van der Waals surface area contributed by atoms with Crippen LogP contribution in [-0.4, -0.2) is 25.3 Å². The standard InChI is InChI=1S/C14H18N2O2/c1-10-6-13(11(8-15)7-12(10)9-17)16-14-4-2-3-5-18-14/h6-9,14-16H,2-5H2,1H3. The Balaban J connectivity index is 2.22. The smallest absolute Gasteiger partial charge is 0.150 e. The van der Waals surface area contributed by atoms with Crippen LogP contribution in [0.3, 0.4) is 0 Å². The van der Waals surface area contributed by atoms with Crippen molar-refractivity contribution in [3.8, 4) is 0 Å². The Bertz CT molecular complexity index is 451. The van der Waals surface area contributed by atoms with Gasteiger partial charge in [0.05, 0.1) is 0 Å². The largest absolute Gasteiger partial charge is 0.360 e. The minimum absolute atomic E-state index is 0.0129. The number of rotatable bonds is 4. The van der Waals surface area contributed by atoms with E-state index in [1.165, 1.54) is 6.21 Å². The summed E-state index contributed by atoms with van der Waals surface area (Å²) in [5.41, 5.74) is 3.12. The molecule has 1 saturated heterocycles. The predicted molar refractivity (Wildman–Crippen MR) is 71.7 cm³/mol. The first kappa shape index (κ1) is 12.8. The van der Waals surface area contributed by atoms with Gasteiger partial charge in [-0.3, -0.25) is 4.79 Å². The highest BCUT2D eigenvalue weighted by Gasteiger charge is 2.15. The van der Waals surface area contributed by atoms with E-state index < -0.39 is 0 Å². The van der Waals surface area contributed by atoms with Gasteiger partial charge in [-0.05, 0) is 43.9 Å². The Hall–Kier alpha value is -1.68. The molecule has 2 N–H and O–H groups in total. The normalized spacial score (nSPS) is 19.3. The minimum Gasteiger partial charge on any atom is -0.360 e. The Kier molecular flexibility index (Phi) is 4.10. The minimum atomic E-state index is 0.0129. The Morgan fingerprint density at radius 1 is 1.39 bits per heavy atom. The average Bonchev–Trinajstić information content (AvgIpc) is 2.40. The second-order valence-corrected chi connectivity index (χ2v) is 4.56. The first-order valence-corrected chi connectivity index (χ1v) is 6.23. The van der Waals surface area contributed by atoms with Crippen LogP contribution >= 0.6 is 0 Å². The molecule has 4 nitrogen and oxygen atoms in total. The molecule has 0 spiro atoms. The van der Waals surface area contributed by atoms with E-state index in [2.05, 4.69) is 5.32 Å². The fourth-order valence-electron chi connectivity index (χ4n) is 2.14. The molecule has 0 bridgehead atoms. The maximum absolute atomic E-state index is 10.9. The third-order valence-corrected chi connectivity index (χ3v) is 3.22. The molecule has 1 aromatic rings. The highest BCUT2D eigenvalue weighted by Crippen LogP contribution is 2.22. The number of anilines is 1. The molecule has 1 aromatic carbocycles. The number of benzene rings is 1. The molecule has 96 valence electrons. The van der Waals surface area contributed by atoms with Crippen molar-refractivity contribution in [3.63, 3.8) is 0 Å². The molecule has 1 unspecified atom stereocenters. The third-order valence-electron chi connectivity index (χ3n) is 3.22. The van der Waals surface area contributed by atoms with Gasteiger partial charge in [0.2, 0.25) is 0 Å². The topological polar surface area (TPSA) is 62.2 Å².